The predicted octanol–water partition coefficient (Wildman–Crippen LogP) is 11.1. The molecule has 6 unspecified atom stereocenters. The van der Waals surface area contributed by atoms with Crippen molar-refractivity contribution in [2.75, 3.05) is 26.4 Å². The topological polar surface area (TPSA) is 135 Å². The highest BCUT2D eigenvalue weighted by molar-refractivity contribution is 5.69. The number of unbranched alkanes of at least 4 members (excludes halogenated alkanes) is 24. The van der Waals surface area contributed by atoms with Crippen molar-refractivity contribution in [3.05, 3.63) is 36.5 Å². The van der Waals surface area contributed by atoms with Gasteiger partial charge >= 0.3 is 5.97 Å². The fourth-order valence-electron chi connectivity index (χ4n) is 7.22. The maximum atomic E-state index is 12.8. The lowest BCUT2D eigenvalue weighted by Crippen LogP contribution is -2.59. The smallest absolute Gasteiger partial charge is 0.306 e. The van der Waals surface area contributed by atoms with Crippen LogP contribution in [-0.2, 0) is 23.7 Å². The first kappa shape index (κ1) is 54.4. The van der Waals surface area contributed by atoms with Gasteiger partial charge in [-0.15, -0.1) is 0 Å². The normalized spacial score (nSPS) is 20.6. The average molecular weight is 823 g/mol. The number of hydrogen-bond acceptors (Lipinski definition) is 9. The highest BCUT2D eigenvalue weighted by atomic mass is 16.7. The van der Waals surface area contributed by atoms with Gasteiger partial charge in [0.2, 0.25) is 0 Å². The number of allylic oxidation sites excluding steroid dienone is 6. The summed E-state index contributed by atoms with van der Waals surface area (Å²) in [4.78, 5) is 12.8. The zero-order valence-corrected chi connectivity index (χ0v) is 37.3. The molecule has 9 heteroatoms. The van der Waals surface area contributed by atoms with Crippen LogP contribution in [-0.4, -0.2) is 89.6 Å². The van der Waals surface area contributed by atoms with E-state index in [2.05, 4.69) is 50.3 Å². The van der Waals surface area contributed by atoms with Crippen LogP contribution in [0.15, 0.2) is 36.5 Å². The van der Waals surface area contributed by atoms with Crippen molar-refractivity contribution in [2.24, 2.45) is 0 Å². The summed E-state index contributed by atoms with van der Waals surface area (Å²) in [6.07, 6.45) is 41.7. The second kappa shape index (κ2) is 40.8. The molecule has 6 atom stereocenters. The molecule has 0 spiro atoms. The largest absolute Gasteiger partial charge is 0.457 e. The van der Waals surface area contributed by atoms with E-state index in [0.29, 0.717) is 13.0 Å². The molecule has 1 aliphatic rings. The summed E-state index contributed by atoms with van der Waals surface area (Å²) < 4.78 is 22.8. The number of carbonyl (C=O) groups excluding carboxylic acids is 1. The number of esters is 1. The highest BCUT2D eigenvalue weighted by Gasteiger charge is 2.44. The minimum atomic E-state index is -1.54. The van der Waals surface area contributed by atoms with Gasteiger partial charge in [0.15, 0.2) is 6.29 Å². The van der Waals surface area contributed by atoms with Crippen molar-refractivity contribution in [3.63, 3.8) is 0 Å². The van der Waals surface area contributed by atoms with Crippen molar-refractivity contribution >= 4 is 5.97 Å². The van der Waals surface area contributed by atoms with Gasteiger partial charge in [0.25, 0.3) is 0 Å². The Hall–Kier alpha value is -1.59. The Labute approximate surface area is 355 Å². The fraction of sp³-hybridized carbons (Fsp3) is 0.857. The molecule has 0 aliphatic carbocycles. The first-order valence-electron chi connectivity index (χ1n) is 24.1. The summed E-state index contributed by atoms with van der Waals surface area (Å²) in [6.45, 7) is 4.53. The van der Waals surface area contributed by atoms with E-state index in [4.69, 9.17) is 18.9 Å². The third-order valence-corrected chi connectivity index (χ3v) is 11.0. The van der Waals surface area contributed by atoms with Crippen LogP contribution in [0, 0.1) is 0 Å². The first-order chi connectivity index (χ1) is 28.4. The monoisotopic (exact) mass is 823 g/mol. The molecule has 1 heterocycles. The number of carbonyl (C=O) groups is 1. The molecule has 1 aliphatic heterocycles. The van der Waals surface area contributed by atoms with E-state index in [-0.39, 0.29) is 19.2 Å². The second-order valence-corrected chi connectivity index (χ2v) is 16.6. The van der Waals surface area contributed by atoms with Gasteiger partial charge in [-0.1, -0.05) is 166 Å². The lowest BCUT2D eigenvalue weighted by Gasteiger charge is -2.39. The Bertz CT molecular complexity index is 983. The molecule has 1 fully saturated rings. The van der Waals surface area contributed by atoms with Crippen LogP contribution >= 0.6 is 0 Å². The standard InChI is InChI=1S/C49H90O9/c1-3-5-7-9-11-13-15-17-19-20-21-22-23-25-27-29-31-33-35-37-39-55-41-43(42-56-49-48(54)47(53)46(52)44(40-50)58-49)57-45(51)38-36-34-32-30-28-26-24-18-16-14-12-10-8-6-4-2/h11,13,17-19,24,43-44,46-50,52-54H,3-10,12,14-16,20-23,25-42H2,1-2H3/b13-11-,19-17-,24-18-. The highest BCUT2D eigenvalue weighted by Crippen LogP contribution is 2.22. The molecule has 0 amide bonds. The average Bonchev–Trinajstić information content (AvgIpc) is 3.22. The van der Waals surface area contributed by atoms with E-state index in [0.717, 1.165) is 51.4 Å². The van der Waals surface area contributed by atoms with Crippen LogP contribution in [0.5, 0.6) is 0 Å². The van der Waals surface area contributed by atoms with Crippen LogP contribution in [0.2, 0.25) is 0 Å². The van der Waals surface area contributed by atoms with Crippen molar-refractivity contribution in [1.29, 1.82) is 0 Å². The summed E-state index contributed by atoms with van der Waals surface area (Å²) in [5.74, 6) is -0.322. The first-order valence-corrected chi connectivity index (χ1v) is 24.1. The summed E-state index contributed by atoms with van der Waals surface area (Å²) in [6, 6.07) is 0. The number of ether oxygens (including phenoxy) is 4. The lowest BCUT2D eigenvalue weighted by molar-refractivity contribution is -0.305. The molecule has 340 valence electrons. The van der Waals surface area contributed by atoms with Crippen molar-refractivity contribution in [3.8, 4) is 0 Å². The summed E-state index contributed by atoms with van der Waals surface area (Å²) in [5.41, 5.74) is 0. The molecule has 4 N–H and O–H groups in total. The van der Waals surface area contributed by atoms with E-state index in [1.165, 1.54) is 135 Å². The third-order valence-electron chi connectivity index (χ3n) is 11.0. The van der Waals surface area contributed by atoms with Gasteiger partial charge in [0.05, 0.1) is 19.8 Å². The summed E-state index contributed by atoms with van der Waals surface area (Å²) >= 11 is 0. The maximum Gasteiger partial charge on any atom is 0.306 e. The molecular weight excluding hydrogens is 733 g/mol. The van der Waals surface area contributed by atoms with Crippen LogP contribution in [0.1, 0.15) is 206 Å². The van der Waals surface area contributed by atoms with Crippen LogP contribution in [0.4, 0.5) is 0 Å². The van der Waals surface area contributed by atoms with Gasteiger partial charge in [-0.25, -0.2) is 0 Å². The Morgan fingerprint density at radius 1 is 0.552 bits per heavy atom. The van der Waals surface area contributed by atoms with Crippen molar-refractivity contribution in [1.82, 2.24) is 0 Å². The molecule has 0 radical (unpaired) electrons. The van der Waals surface area contributed by atoms with E-state index >= 15 is 0 Å². The maximum absolute atomic E-state index is 12.8. The SMILES string of the molecule is CCCCC/C=C\C/C=C\CCCCCCCCCCCCOCC(COC1OC(CO)C(O)C(O)C1O)OC(=O)CCCCCCC/C=C\CCCCCCCC. The van der Waals surface area contributed by atoms with Gasteiger partial charge in [-0.2, -0.15) is 0 Å². The molecule has 0 aromatic rings. The van der Waals surface area contributed by atoms with Gasteiger partial charge in [0.1, 0.15) is 30.5 Å². The van der Waals surface area contributed by atoms with E-state index in [1.54, 1.807) is 0 Å². The van der Waals surface area contributed by atoms with Crippen molar-refractivity contribution < 1.29 is 44.2 Å². The van der Waals surface area contributed by atoms with E-state index < -0.39 is 43.4 Å². The molecule has 1 rings (SSSR count). The number of hydrogen-bond donors (Lipinski definition) is 4. The third kappa shape index (κ3) is 31.3. The van der Waals surface area contributed by atoms with Crippen LogP contribution < -0.4 is 0 Å². The zero-order valence-electron chi connectivity index (χ0n) is 37.3. The molecule has 1 saturated heterocycles. The summed E-state index contributed by atoms with van der Waals surface area (Å²) in [7, 11) is 0. The Kier molecular flexibility index (Phi) is 38.3. The Balaban J connectivity index is 2.23. The lowest BCUT2D eigenvalue weighted by atomic mass is 9.99. The predicted molar refractivity (Wildman–Crippen MR) is 238 cm³/mol. The number of aliphatic hydroxyl groups excluding tert-OH is 4. The van der Waals surface area contributed by atoms with Gasteiger partial charge in [-0.3, -0.25) is 4.79 Å². The quantitative estimate of drug-likeness (QED) is 0.0270. The minimum absolute atomic E-state index is 0.117. The molecule has 0 saturated carbocycles. The molecule has 9 nitrogen and oxygen atoms in total. The fourth-order valence-corrected chi connectivity index (χ4v) is 7.22. The van der Waals surface area contributed by atoms with Gasteiger partial charge < -0.3 is 39.4 Å². The number of aliphatic hydroxyl groups is 4. The minimum Gasteiger partial charge on any atom is -0.457 e. The molecule has 0 aromatic heterocycles. The van der Waals surface area contributed by atoms with Crippen molar-refractivity contribution in [2.45, 2.75) is 243 Å². The molecule has 58 heavy (non-hydrogen) atoms. The van der Waals surface area contributed by atoms with E-state index in [1.807, 2.05) is 0 Å². The molecule has 0 aromatic carbocycles. The van der Waals surface area contributed by atoms with Gasteiger partial charge in [-0.05, 0) is 70.6 Å². The molecular formula is C49H90O9. The second-order valence-electron chi connectivity index (χ2n) is 16.6. The van der Waals surface area contributed by atoms with Crippen LogP contribution in [0.25, 0.3) is 0 Å². The molecule has 0 bridgehead atoms. The number of rotatable bonds is 41. The Morgan fingerprint density at radius 2 is 1.00 bits per heavy atom. The van der Waals surface area contributed by atoms with E-state index in [9.17, 15) is 25.2 Å². The van der Waals surface area contributed by atoms with Gasteiger partial charge in [0, 0.05) is 13.0 Å². The Morgan fingerprint density at radius 3 is 1.53 bits per heavy atom. The van der Waals surface area contributed by atoms with Crippen LogP contribution in [0.3, 0.4) is 0 Å². The summed E-state index contributed by atoms with van der Waals surface area (Å²) in [5, 5.41) is 40.2. The zero-order chi connectivity index (χ0) is 42.2.